The summed E-state index contributed by atoms with van der Waals surface area (Å²) in [7, 11) is 0. The first-order valence-electron chi connectivity index (χ1n) is 5.78. The van der Waals surface area contributed by atoms with Gasteiger partial charge in [-0.05, 0) is 25.2 Å². The molecule has 1 saturated carbocycles. The van der Waals surface area contributed by atoms with Gasteiger partial charge in [-0.15, -0.1) is 0 Å². The summed E-state index contributed by atoms with van der Waals surface area (Å²) in [6.07, 6.45) is 3.99. The van der Waals surface area contributed by atoms with Gasteiger partial charge in [0.1, 0.15) is 0 Å². The van der Waals surface area contributed by atoms with E-state index < -0.39 is 0 Å². The first-order valence-corrected chi connectivity index (χ1v) is 5.78. The Kier molecular flexibility index (Phi) is 4.41. The molecule has 0 heterocycles. The zero-order valence-electron chi connectivity index (χ0n) is 9.59. The summed E-state index contributed by atoms with van der Waals surface area (Å²) in [5.41, 5.74) is 0. The Labute approximate surface area is 87.7 Å². The third-order valence-corrected chi connectivity index (χ3v) is 3.61. The minimum atomic E-state index is 0.138. The summed E-state index contributed by atoms with van der Waals surface area (Å²) in [5.74, 6) is 1.73. The Balaban J connectivity index is 2.33. The van der Waals surface area contributed by atoms with Crippen LogP contribution in [0.2, 0.25) is 0 Å². The Morgan fingerprint density at radius 3 is 2.79 bits per heavy atom. The average Bonchev–Trinajstić information content (AvgIpc) is 2.20. The van der Waals surface area contributed by atoms with Crippen LogP contribution in [-0.2, 0) is 0 Å². The zero-order valence-corrected chi connectivity index (χ0v) is 9.59. The summed E-state index contributed by atoms with van der Waals surface area (Å²) < 4.78 is 0. The van der Waals surface area contributed by atoms with Gasteiger partial charge in [0.2, 0.25) is 0 Å². The predicted octanol–water partition coefficient (Wildman–Crippen LogP) is 2.56. The Morgan fingerprint density at radius 2 is 2.14 bits per heavy atom. The molecule has 2 heteroatoms. The molecule has 2 nitrogen and oxygen atoms in total. The summed E-state index contributed by atoms with van der Waals surface area (Å²) in [6, 6.07) is 2.90. The molecule has 1 fully saturated rings. The highest BCUT2D eigenvalue weighted by Gasteiger charge is 2.26. The van der Waals surface area contributed by atoms with E-state index in [2.05, 4.69) is 25.2 Å². The van der Waals surface area contributed by atoms with E-state index in [1.54, 1.807) is 0 Å². The monoisotopic (exact) mass is 194 g/mol. The van der Waals surface area contributed by atoms with Crippen LogP contribution in [0.15, 0.2) is 0 Å². The van der Waals surface area contributed by atoms with Crippen LogP contribution in [0, 0.1) is 29.1 Å². The summed E-state index contributed by atoms with van der Waals surface area (Å²) in [4.78, 5) is 0. The van der Waals surface area contributed by atoms with Crippen molar-refractivity contribution in [3.8, 4) is 6.07 Å². The number of nitrogens with zero attached hydrogens (tertiary/aromatic N) is 1. The first-order chi connectivity index (χ1) is 6.65. The molecule has 0 bridgehead atoms. The number of hydrogen-bond donors (Lipinski definition) is 1. The SMILES string of the molecule is CC(C#N)CNC1CCCC(C)C1C. The molecular formula is C12H22N2. The minimum Gasteiger partial charge on any atom is -0.312 e. The topological polar surface area (TPSA) is 35.8 Å². The van der Waals surface area contributed by atoms with Gasteiger partial charge in [-0.25, -0.2) is 0 Å². The quantitative estimate of drug-likeness (QED) is 0.749. The number of rotatable bonds is 3. The van der Waals surface area contributed by atoms with E-state index in [0.717, 1.165) is 18.4 Å². The fraction of sp³-hybridized carbons (Fsp3) is 0.917. The molecule has 0 saturated heterocycles. The van der Waals surface area contributed by atoms with Crippen molar-refractivity contribution >= 4 is 0 Å². The molecule has 4 unspecified atom stereocenters. The van der Waals surface area contributed by atoms with Crippen LogP contribution >= 0.6 is 0 Å². The van der Waals surface area contributed by atoms with Crippen LogP contribution in [-0.4, -0.2) is 12.6 Å². The Hall–Kier alpha value is -0.550. The van der Waals surface area contributed by atoms with Crippen LogP contribution in [0.5, 0.6) is 0 Å². The van der Waals surface area contributed by atoms with Gasteiger partial charge >= 0.3 is 0 Å². The molecule has 1 aliphatic carbocycles. The van der Waals surface area contributed by atoms with E-state index in [9.17, 15) is 0 Å². The number of nitriles is 1. The van der Waals surface area contributed by atoms with Gasteiger partial charge in [-0.2, -0.15) is 5.26 Å². The van der Waals surface area contributed by atoms with Gasteiger partial charge in [0.05, 0.1) is 12.0 Å². The molecule has 0 aromatic heterocycles. The van der Waals surface area contributed by atoms with E-state index in [1.165, 1.54) is 19.3 Å². The third-order valence-electron chi connectivity index (χ3n) is 3.61. The van der Waals surface area contributed by atoms with E-state index in [0.29, 0.717) is 6.04 Å². The summed E-state index contributed by atoms with van der Waals surface area (Å²) in [6.45, 7) is 7.49. The third kappa shape index (κ3) is 2.99. The first kappa shape index (κ1) is 11.5. The Bertz CT molecular complexity index is 207. The van der Waals surface area contributed by atoms with E-state index in [4.69, 9.17) is 5.26 Å². The highest BCUT2D eigenvalue weighted by atomic mass is 14.9. The molecule has 0 amide bonds. The van der Waals surface area contributed by atoms with Crippen molar-refractivity contribution in [2.24, 2.45) is 17.8 Å². The molecule has 1 aliphatic rings. The van der Waals surface area contributed by atoms with Crippen molar-refractivity contribution in [3.63, 3.8) is 0 Å². The lowest BCUT2D eigenvalue weighted by Gasteiger charge is -2.35. The fourth-order valence-electron chi connectivity index (χ4n) is 2.24. The van der Waals surface area contributed by atoms with Crippen molar-refractivity contribution in [2.45, 2.75) is 46.1 Å². The zero-order chi connectivity index (χ0) is 10.6. The molecule has 14 heavy (non-hydrogen) atoms. The maximum Gasteiger partial charge on any atom is 0.0666 e. The van der Waals surface area contributed by atoms with Gasteiger partial charge in [0.25, 0.3) is 0 Å². The van der Waals surface area contributed by atoms with Gasteiger partial charge in [-0.1, -0.05) is 26.7 Å². The molecular weight excluding hydrogens is 172 g/mol. The molecule has 0 spiro atoms. The van der Waals surface area contributed by atoms with Crippen molar-refractivity contribution in [2.75, 3.05) is 6.54 Å². The van der Waals surface area contributed by atoms with Gasteiger partial charge in [0, 0.05) is 12.6 Å². The lowest BCUT2D eigenvalue weighted by Crippen LogP contribution is -2.42. The standard InChI is InChI=1S/C12H22N2/c1-9(7-13)8-14-12-6-4-5-10(2)11(12)3/h9-12,14H,4-6,8H2,1-3H3. The lowest BCUT2D eigenvalue weighted by molar-refractivity contribution is 0.205. The van der Waals surface area contributed by atoms with E-state index in [1.807, 2.05) is 6.92 Å². The highest BCUT2D eigenvalue weighted by molar-refractivity contribution is 4.86. The van der Waals surface area contributed by atoms with Gasteiger partial charge < -0.3 is 5.32 Å². The highest BCUT2D eigenvalue weighted by Crippen LogP contribution is 2.29. The van der Waals surface area contributed by atoms with Crippen molar-refractivity contribution < 1.29 is 0 Å². The summed E-state index contributed by atoms with van der Waals surface area (Å²) >= 11 is 0. The van der Waals surface area contributed by atoms with Crippen molar-refractivity contribution in [1.82, 2.24) is 5.32 Å². The number of nitrogens with one attached hydrogen (secondary N) is 1. The van der Waals surface area contributed by atoms with Gasteiger partial charge in [-0.3, -0.25) is 0 Å². The smallest absolute Gasteiger partial charge is 0.0666 e. The molecule has 1 rings (SSSR count). The maximum atomic E-state index is 8.69. The van der Waals surface area contributed by atoms with E-state index >= 15 is 0 Å². The maximum absolute atomic E-state index is 8.69. The largest absolute Gasteiger partial charge is 0.312 e. The van der Waals surface area contributed by atoms with Crippen molar-refractivity contribution in [3.05, 3.63) is 0 Å². The van der Waals surface area contributed by atoms with Crippen LogP contribution in [0.25, 0.3) is 0 Å². The second-order valence-corrected chi connectivity index (χ2v) is 4.81. The molecule has 0 radical (unpaired) electrons. The molecule has 0 aromatic rings. The fourth-order valence-corrected chi connectivity index (χ4v) is 2.24. The minimum absolute atomic E-state index is 0.138. The molecule has 0 aliphatic heterocycles. The molecule has 1 N–H and O–H groups in total. The average molecular weight is 194 g/mol. The number of hydrogen-bond acceptors (Lipinski definition) is 2. The second kappa shape index (κ2) is 5.36. The lowest BCUT2D eigenvalue weighted by atomic mass is 9.78. The van der Waals surface area contributed by atoms with Crippen LogP contribution < -0.4 is 5.32 Å². The van der Waals surface area contributed by atoms with Crippen LogP contribution in [0.4, 0.5) is 0 Å². The van der Waals surface area contributed by atoms with Crippen LogP contribution in [0.1, 0.15) is 40.0 Å². The normalized spacial score (nSPS) is 34.9. The summed E-state index contributed by atoms with van der Waals surface area (Å²) in [5, 5.41) is 12.2. The van der Waals surface area contributed by atoms with Crippen LogP contribution in [0.3, 0.4) is 0 Å². The van der Waals surface area contributed by atoms with Gasteiger partial charge in [0.15, 0.2) is 0 Å². The predicted molar refractivity (Wildman–Crippen MR) is 58.7 cm³/mol. The molecule has 4 atom stereocenters. The molecule has 0 aromatic carbocycles. The second-order valence-electron chi connectivity index (χ2n) is 4.81. The van der Waals surface area contributed by atoms with E-state index in [-0.39, 0.29) is 5.92 Å². The Morgan fingerprint density at radius 1 is 1.43 bits per heavy atom. The molecule has 80 valence electrons. The van der Waals surface area contributed by atoms with Crippen molar-refractivity contribution in [1.29, 1.82) is 5.26 Å².